The van der Waals surface area contributed by atoms with E-state index in [-0.39, 0.29) is 17.1 Å². The van der Waals surface area contributed by atoms with Crippen LogP contribution >= 0.6 is 0 Å². The van der Waals surface area contributed by atoms with Gasteiger partial charge in [-0.3, -0.25) is 9.59 Å². The van der Waals surface area contributed by atoms with Crippen molar-refractivity contribution in [2.75, 3.05) is 17.3 Å². The zero-order chi connectivity index (χ0) is 21.3. The van der Waals surface area contributed by atoms with Gasteiger partial charge in [0.05, 0.1) is 0 Å². The third-order valence-electron chi connectivity index (χ3n) is 7.76. The molecule has 3 aliphatic carbocycles. The lowest BCUT2D eigenvalue weighted by Crippen LogP contribution is -2.38. The third-order valence-corrected chi connectivity index (χ3v) is 11.2. The average molecular weight is 433 g/mol. The maximum atomic E-state index is 12.0. The number of Topliss-reactive ketones (excluding diaryl/α,β-unsaturated/α-hetero) is 2. The summed E-state index contributed by atoms with van der Waals surface area (Å²) in [5.74, 6) is 3.59. The van der Waals surface area contributed by atoms with E-state index in [2.05, 4.69) is 13.8 Å². The van der Waals surface area contributed by atoms with E-state index in [0.717, 1.165) is 5.75 Å². The average Bonchev–Trinajstić information content (AvgIpc) is 3.25. The molecular formula is C21H36O5S2. The second kappa shape index (κ2) is 8.76. The van der Waals surface area contributed by atoms with Gasteiger partial charge in [0.1, 0.15) is 26.9 Å². The highest BCUT2D eigenvalue weighted by Crippen LogP contribution is 2.64. The van der Waals surface area contributed by atoms with E-state index in [0.29, 0.717) is 35.4 Å². The first kappa shape index (κ1) is 23.9. The van der Waals surface area contributed by atoms with Gasteiger partial charge in [0.15, 0.2) is 17.3 Å². The van der Waals surface area contributed by atoms with E-state index in [1.807, 2.05) is 13.8 Å². The van der Waals surface area contributed by atoms with Crippen molar-refractivity contribution in [3.8, 4) is 0 Å². The minimum Gasteiger partial charge on any atom is -0.747 e. The zero-order valence-corrected chi connectivity index (χ0v) is 19.6. The van der Waals surface area contributed by atoms with Gasteiger partial charge >= 0.3 is 0 Å². The van der Waals surface area contributed by atoms with Crippen LogP contribution in [0.3, 0.4) is 0 Å². The molecule has 3 fully saturated rings. The summed E-state index contributed by atoms with van der Waals surface area (Å²) in [6.45, 7) is 9.99. The standard InChI is InChI=1S/C11H21OS.C10H16O4S/c1-3-13(4-2)9-11(12)10-7-5-6-8-10;1-9(2)6-4-5-10(9,3)8(11)7(6)15(12,13)14/h10H,3-9H2,1-2H3;6-7H,4-5H2,1-3H3,(H,12,13,14)/q+1;/p-1. The van der Waals surface area contributed by atoms with Gasteiger partial charge < -0.3 is 4.55 Å². The van der Waals surface area contributed by atoms with Crippen molar-refractivity contribution in [2.45, 2.75) is 78.4 Å². The predicted molar refractivity (Wildman–Crippen MR) is 113 cm³/mol. The molecule has 0 spiro atoms. The van der Waals surface area contributed by atoms with Gasteiger partial charge in [0, 0.05) is 11.3 Å². The van der Waals surface area contributed by atoms with Crippen molar-refractivity contribution < 1.29 is 22.6 Å². The molecule has 0 heterocycles. The van der Waals surface area contributed by atoms with Crippen LogP contribution in [0.5, 0.6) is 0 Å². The molecule has 2 bridgehead atoms. The summed E-state index contributed by atoms with van der Waals surface area (Å²) < 4.78 is 33.3. The Labute approximate surface area is 173 Å². The molecule has 162 valence electrons. The Balaban J connectivity index is 0.000000203. The van der Waals surface area contributed by atoms with Crippen molar-refractivity contribution in [2.24, 2.45) is 22.7 Å². The SMILES string of the molecule is CC12CCC(C(S(=O)(=O)[O-])C1=O)C2(C)C.CC[S+](CC)CC(=O)C1CCCC1. The molecule has 0 aromatic heterocycles. The van der Waals surface area contributed by atoms with Gasteiger partial charge in [-0.15, -0.1) is 0 Å². The summed E-state index contributed by atoms with van der Waals surface area (Å²) in [5, 5.41) is -1.30. The number of hydrogen-bond acceptors (Lipinski definition) is 5. The predicted octanol–water partition coefficient (Wildman–Crippen LogP) is 3.33. The molecule has 28 heavy (non-hydrogen) atoms. The molecular weight excluding hydrogens is 396 g/mol. The van der Waals surface area contributed by atoms with Crippen LogP contribution in [-0.4, -0.2) is 47.0 Å². The number of carbonyl (C=O) groups excluding carboxylic acids is 2. The molecule has 7 heteroatoms. The number of hydrogen-bond donors (Lipinski definition) is 0. The van der Waals surface area contributed by atoms with Crippen LogP contribution in [0.2, 0.25) is 0 Å². The Bertz CT molecular complexity index is 690. The van der Waals surface area contributed by atoms with E-state index < -0.39 is 20.8 Å². The molecule has 3 unspecified atom stereocenters. The molecule has 0 radical (unpaired) electrons. The minimum atomic E-state index is -4.49. The molecule has 3 atom stereocenters. The van der Waals surface area contributed by atoms with E-state index in [1.54, 1.807) is 6.92 Å². The Morgan fingerprint density at radius 3 is 2.00 bits per heavy atom. The van der Waals surface area contributed by atoms with Crippen LogP contribution in [0.1, 0.15) is 73.1 Å². The first-order valence-electron chi connectivity index (χ1n) is 10.6. The van der Waals surface area contributed by atoms with Crippen LogP contribution in [0.15, 0.2) is 0 Å². The van der Waals surface area contributed by atoms with Crippen LogP contribution < -0.4 is 0 Å². The molecule has 5 nitrogen and oxygen atoms in total. The fourth-order valence-electron chi connectivity index (χ4n) is 5.31. The maximum absolute atomic E-state index is 12.0. The fourth-order valence-corrected chi connectivity index (χ4v) is 8.17. The molecule has 3 aliphatic rings. The van der Waals surface area contributed by atoms with Crippen LogP contribution in [-0.2, 0) is 30.6 Å². The van der Waals surface area contributed by atoms with Crippen molar-refractivity contribution >= 4 is 32.6 Å². The molecule has 0 aromatic carbocycles. The lowest BCUT2D eigenvalue weighted by atomic mass is 9.70. The van der Waals surface area contributed by atoms with Gasteiger partial charge in [-0.05, 0) is 61.8 Å². The second-order valence-corrected chi connectivity index (χ2v) is 13.4. The van der Waals surface area contributed by atoms with Crippen molar-refractivity contribution in [3.63, 3.8) is 0 Å². The highest BCUT2D eigenvalue weighted by Gasteiger charge is 2.67. The van der Waals surface area contributed by atoms with Crippen LogP contribution in [0, 0.1) is 22.7 Å². The normalized spacial score (nSPS) is 31.9. The molecule has 0 saturated heterocycles. The molecule has 0 amide bonds. The topological polar surface area (TPSA) is 91.3 Å². The van der Waals surface area contributed by atoms with E-state index >= 15 is 0 Å². The van der Waals surface area contributed by atoms with E-state index in [9.17, 15) is 22.6 Å². The Morgan fingerprint density at radius 1 is 1.11 bits per heavy atom. The van der Waals surface area contributed by atoms with Crippen molar-refractivity contribution in [3.05, 3.63) is 0 Å². The molecule has 3 rings (SSSR count). The zero-order valence-electron chi connectivity index (χ0n) is 18.0. The second-order valence-electron chi connectivity index (χ2n) is 9.26. The summed E-state index contributed by atoms with van der Waals surface area (Å²) in [4.78, 5) is 23.8. The maximum Gasteiger partial charge on any atom is 0.184 e. The summed E-state index contributed by atoms with van der Waals surface area (Å²) in [6.07, 6.45) is 6.27. The highest BCUT2D eigenvalue weighted by molar-refractivity contribution is 7.97. The number of rotatable bonds is 6. The summed E-state index contributed by atoms with van der Waals surface area (Å²) in [5.41, 5.74) is -0.994. The summed E-state index contributed by atoms with van der Waals surface area (Å²) in [6, 6.07) is 0. The van der Waals surface area contributed by atoms with Crippen LogP contribution in [0.4, 0.5) is 0 Å². The monoisotopic (exact) mass is 432 g/mol. The fraction of sp³-hybridized carbons (Fsp3) is 0.905. The molecule has 0 aliphatic heterocycles. The number of carbonyl (C=O) groups is 2. The van der Waals surface area contributed by atoms with Crippen molar-refractivity contribution in [1.82, 2.24) is 0 Å². The number of ketones is 2. The van der Waals surface area contributed by atoms with Gasteiger partial charge in [-0.2, -0.15) is 0 Å². The Hall–Kier alpha value is -0.400. The minimum absolute atomic E-state index is 0.294. The highest BCUT2D eigenvalue weighted by atomic mass is 32.2. The van der Waals surface area contributed by atoms with Gasteiger partial charge in [-0.1, -0.05) is 33.6 Å². The summed E-state index contributed by atoms with van der Waals surface area (Å²) >= 11 is 0. The molecule has 0 aromatic rings. The quantitative estimate of drug-likeness (QED) is 0.474. The first-order valence-corrected chi connectivity index (χ1v) is 13.8. The van der Waals surface area contributed by atoms with Crippen LogP contribution in [0.25, 0.3) is 0 Å². The smallest absolute Gasteiger partial charge is 0.184 e. The Morgan fingerprint density at radius 2 is 1.64 bits per heavy atom. The van der Waals surface area contributed by atoms with Gasteiger partial charge in [0.2, 0.25) is 0 Å². The lowest BCUT2D eigenvalue weighted by molar-refractivity contribution is -0.128. The van der Waals surface area contributed by atoms with Gasteiger partial charge in [0.25, 0.3) is 0 Å². The summed E-state index contributed by atoms with van der Waals surface area (Å²) in [7, 11) is -4.11. The lowest BCUT2D eigenvalue weighted by Gasteiger charge is -2.32. The Kier molecular flexibility index (Phi) is 7.47. The number of fused-ring (bicyclic) bond motifs is 2. The molecule has 3 saturated carbocycles. The van der Waals surface area contributed by atoms with Gasteiger partial charge in [-0.25, -0.2) is 8.42 Å². The van der Waals surface area contributed by atoms with E-state index in [1.165, 1.54) is 37.2 Å². The molecule has 0 N–H and O–H groups in total. The first-order chi connectivity index (χ1) is 12.9. The van der Waals surface area contributed by atoms with Crippen molar-refractivity contribution in [1.29, 1.82) is 0 Å². The largest absolute Gasteiger partial charge is 0.747 e. The van der Waals surface area contributed by atoms with E-state index in [4.69, 9.17) is 0 Å². The third kappa shape index (κ3) is 4.36.